The van der Waals surface area contributed by atoms with Gasteiger partial charge < -0.3 is 13.7 Å². The number of fused-ring (bicyclic) bond motifs is 7. The molecule has 9 aromatic rings. The molecule has 0 aliphatic rings. The molecule has 2 aromatic heterocycles. The van der Waals surface area contributed by atoms with E-state index in [2.05, 4.69) is 132 Å². The minimum absolute atomic E-state index is 0.865. The Balaban J connectivity index is 1.41. The third-order valence-corrected chi connectivity index (χ3v) is 8.47. The summed E-state index contributed by atoms with van der Waals surface area (Å²) >= 11 is 0. The van der Waals surface area contributed by atoms with Gasteiger partial charge in [-0.1, -0.05) is 109 Å². The van der Waals surface area contributed by atoms with Crippen LogP contribution < -0.4 is 4.90 Å². The van der Waals surface area contributed by atoms with E-state index in [-0.39, 0.29) is 0 Å². The van der Waals surface area contributed by atoms with Crippen LogP contribution in [0.4, 0.5) is 17.1 Å². The first-order valence-electron chi connectivity index (χ1n) is 14.5. The minimum atomic E-state index is 0.865. The second-order valence-corrected chi connectivity index (χ2v) is 10.9. The summed E-state index contributed by atoms with van der Waals surface area (Å²) in [5, 5.41) is 6.79. The van der Waals surface area contributed by atoms with Crippen molar-refractivity contribution in [2.75, 3.05) is 4.90 Å². The van der Waals surface area contributed by atoms with Gasteiger partial charge in [-0.25, -0.2) is 0 Å². The second kappa shape index (κ2) is 9.37. The fourth-order valence-corrected chi connectivity index (χ4v) is 6.63. The Labute approximate surface area is 247 Å². The SMILES string of the molecule is c1ccc(N(c2cccc3ccccc23)c2cccc3oc4ccccc4c23)c(-c2cccc3oc4ccccc4c23)c1. The summed E-state index contributed by atoms with van der Waals surface area (Å²) in [5.41, 5.74) is 9.02. The lowest BCUT2D eigenvalue weighted by molar-refractivity contribution is 0.668. The zero-order valence-electron chi connectivity index (χ0n) is 23.2. The van der Waals surface area contributed by atoms with Gasteiger partial charge in [-0.3, -0.25) is 0 Å². The van der Waals surface area contributed by atoms with Crippen LogP contribution in [0.3, 0.4) is 0 Å². The van der Waals surface area contributed by atoms with Gasteiger partial charge in [0.2, 0.25) is 0 Å². The number of furan rings is 2. The zero-order valence-corrected chi connectivity index (χ0v) is 23.2. The van der Waals surface area contributed by atoms with E-state index in [1.165, 1.54) is 10.8 Å². The van der Waals surface area contributed by atoms with Crippen LogP contribution in [0, 0.1) is 0 Å². The molecule has 0 unspecified atom stereocenters. The van der Waals surface area contributed by atoms with Crippen molar-refractivity contribution < 1.29 is 8.83 Å². The Hall–Kier alpha value is -5.80. The van der Waals surface area contributed by atoms with Crippen molar-refractivity contribution >= 4 is 71.7 Å². The first-order valence-corrected chi connectivity index (χ1v) is 14.5. The largest absolute Gasteiger partial charge is 0.456 e. The van der Waals surface area contributed by atoms with Gasteiger partial charge in [0.05, 0.1) is 22.4 Å². The molecular weight excluding hydrogens is 526 g/mol. The molecule has 43 heavy (non-hydrogen) atoms. The van der Waals surface area contributed by atoms with Crippen LogP contribution >= 0.6 is 0 Å². The molecule has 3 nitrogen and oxygen atoms in total. The summed E-state index contributed by atoms with van der Waals surface area (Å²) in [5.74, 6) is 0. The highest BCUT2D eigenvalue weighted by Crippen LogP contribution is 2.48. The molecule has 0 saturated carbocycles. The molecule has 0 aliphatic carbocycles. The van der Waals surface area contributed by atoms with E-state index in [9.17, 15) is 0 Å². The first kappa shape index (κ1) is 23.9. The molecule has 0 bridgehead atoms. The maximum absolute atomic E-state index is 6.37. The number of para-hydroxylation sites is 3. The monoisotopic (exact) mass is 551 g/mol. The van der Waals surface area contributed by atoms with Crippen LogP contribution in [0.25, 0.3) is 65.8 Å². The summed E-state index contributed by atoms with van der Waals surface area (Å²) in [4.78, 5) is 2.41. The lowest BCUT2D eigenvalue weighted by atomic mass is 9.96. The van der Waals surface area contributed by atoms with Gasteiger partial charge >= 0.3 is 0 Å². The number of nitrogens with zero attached hydrogens (tertiary/aromatic N) is 1. The maximum atomic E-state index is 6.37. The van der Waals surface area contributed by atoms with E-state index in [0.717, 1.165) is 72.1 Å². The van der Waals surface area contributed by atoms with Gasteiger partial charge in [0.25, 0.3) is 0 Å². The van der Waals surface area contributed by atoms with E-state index in [1.807, 2.05) is 24.3 Å². The smallest absolute Gasteiger partial charge is 0.137 e. The summed E-state index contributed by atoms with van der Waals surface area (Å²) < 4.78 is 12.7. The molecule has 0 amide bonds. The van der Waals surface area contributed by atoms with Crippen molar-refractivity contribution in [1.82, 2.24) is 0 Å². The second-order valence-electron chi connectivity index (χ2n) is 10.9. The van der Waals surface area contributed by atoms with E-state index in [4.69, 9.17) is 8.83 Å². The molecule has 7 aromatic carbocycles. The molecule has 0 atom stereocenters. The van der Waals surface area contributed by atoms with Crippen LogP contribution in [0.1, 0.15) is 0 Å². The quantitative estimate of drug-likeness (QED) is 0.218. The fraction of sp³-hybridized carbons (Fsp3) is 0. The molecule has 2 heterocycles. The molecule has 3 heteroatoms. The minimum Gasteiger partial charge on any atom is -0.456 e. The Bertz CT molecular complexity index is 2480. The van der Waals surface area contributed by atoms with Crippen molar-refractivity contribution in [2.24, 2.45) is 0 Å². The summed E-state index contributed by atoms with van der Waals surface area (Å²) in [6.45, 7) is 0. The van der Waals surface area contributed by atoms with Crippen molar-refractivity contribution in [2.45, 2.75) is 0 Å². The standard InChI is InChI=1S/C40H25NO2/c1-2-14-27-26(12-1)13-9-20-32(27)41(34-21-11-25-38-40(34)31-17-5-8-23-36(31)43-38)33-19-6-3-15-28(33)29-18-10-24-37-39(29)30-16-4-7-22-35(30)42-37/h1-25H. The van der Waals surface area contributed by atoms with Gasteiger partial charge in [0.1, 0.15) is 22.3 Å². The molecule has 9 rings (SSSR count). The molecule has 0 fully saturated rings. The molecule has 0 spiro atoms. The van der Waals surface area contributed by atoms with Crippen molar-refractivity contribution in [3.05, 3.63) is 152 Å². The van der Waals surface area contributed by atoms with Crippen LogP contribution in [0.5, 0.6) is 0 Å². The Morgan fingerprint density at radius 1 is 0.326 bits per heavy atom. The van der Waals surface area contributed by atoms with Crippen LogP contribution in [-0.2, 0) is 0 Å². The highest BCUT2D eigenvalue weighted by Gasteiger charge is 2.24. The Morgan fingerprint density at radius 3 is 1.63 bits per heavy atom. The van der Waals surface area contributed by atoms with Crippen LogP contribution in [-0.4, -0.2) is 0 Å². The summed E-state index contributed by atoms with van der Waals surface area (Å²) in [6.07, 6.45) is 0. The predicted octanol–water partition coefficient (Wildman–Crippen LogP) is 11.8. The average molecular weight is 552 g/mol. The molecule has 0 aliphatic heterocycles. The third-order valence-electron chi connectivity index (χ3n) is 8.47. The van der Waals surface area contributed by atoms with Gasteiger partial charge in [0, 0.05) is 27.1 Å². The van der Waals surface area contributed by atoms with Gasteiger partial charge in [-0.2, -0.15) is 0 Å². The normalized spacial score (nSPS) is 11.7. The number of rotatable bonds is 4. The molecule has 202 valence electrons. The highest BCUT2D eigenvalue weighted by atomic mass is 16.3. The average Bonchev–Trinajstić information content (AvgIpc) is 3.64. The number of hydrogen-bond acceptors (Lipinski definition) is 3. The zero-order chi connectivity index (χ0) is 28.3. The lowest BCUT2D eigenvalue weighted by Crippen LogP contribution is -2.12. The maximum Gasteiger partial charge on any atom is 0.137 e. The van der Waals surface area contributed by atoms with Gasteiger partial charge in [-0.15, -0.1) is 0 Å². The van der Waals surface area contributed by atoms with Crippen molar-refractivity contribution in [3.63, 3.8) is 0 Å². The number of benzene rings is 7. The van der Waals surface area contributed by atoms with E-state index in [0.29, 0.717) is 0 Å². The van der Waals surface area contributed by atoms with E-state index < -0.39 is 0 Å². The Morgan fingerprint density at radius 2 is 0.814 bits per heavy atom. The van der Waals surface area contributed by atoms with Crippen molar-refractivity contribution in [1.29, 1.82) is 0 Å². The third kappa shape index (κ3) is 3.62. The molecule has 0 saturated heterocycles. The summed E-state index contributed by atoms with van der Waals surface area (Å²) in [6, 6.07) is 53.1. The van der Waals surface area contributed by atoms with Crippen LogP contribution in [0.15, 0.2) is 160 Å². The Kier molecular flexibility index (Phi) is 5.20. The molecular formula is C40H25NO2. The van der Waals surface area contributed by atoms with Gasteiger partial charge in [0.15, 0.2) is 0 Å². The van der Waals surface area contributed by atoms with Gasteiger partial charge in [-0.05, 0) is 53.4 Å². The number of anilines is 3. The van der Waals surface area contributed by atoms with E-state index >= 15 is 0 Å². The number of hydrogen-bond donors (Lipinski definition) is 0. The molecule has 0 N–H and O–H groups in total. The molecule has 0 radical (unpaired) electrons. The fourth-order valence-electron chi connectivity index (χ4n) is 6.63. The summed E-state index contributed by atoms with van der Waals surface area (Å²) in [7, 11) is 0. The first-order chi connectivity index (χ1) is 21.3. The van der Waals surface area contributed by atoms with E-state index in [1.54, 1.807) is 0 Å². The van der Waals surface area contributed by atoms with Crippen LogP contribution in [0.2, 0.25) is 0 Å². The van der Waals surface area contributed by atoms with Crippen molar-refractivity contribution in [3.8, 4) is 11.1 Å². The lowest BCUT2D eigenvalue weighted by Gasteiger charge is -2.29. The topological polar surface area (TPSA) is 29.5 Å². The predicted molar refractivity (Wildman–Crippen MR) is 179 cm³/mol. The highest BCUT2D eigenvalue weighted by molar-refractivity contribution is 6.17.